The number of carbonyl (C=O) groups excluding carboxylic acids is 1. The number of benzene rings is 2. The van der Waals surface area contributed by atoms with Crippen LogP contribution in [0.4, 0.5) is 23.0 Å². The van der Waals surface area contributed by atoms with Gasteiger partial charge in [-0.2, -0.15) is 0 Å². The van der Waals surface area contributed by atoms with Crippen molar-refractivity contribution < 1.29 is 14.5 Å². The molecule has 0 unspecified atom stereocenters. The first-order valence-corrected chi connectivity index (χ1v) is 10.5. The van der Waals surface area contributed by atoms with E-state index in [2.05, 4.69) is 40.0 Å². The van der Waals surface area contributed by atoms with Gasteiger partial charge in [-0.1, -0.05) is 49.2 Å². The number of ether oxygens (including phenoxy) is 1. The third-order valence-corrected chi connectivity index (χ3v) is 4.95. The van der Waals surface area contributed by atoms with Crippen LogP contribution in [-0.2, 0) is 4.79 Å². The lowest BCUT2D eigenvalue weighted by Gasteiger charge is -2.12. The average Bonchev–Trinajstić information content (AvgIpc) is 2.77. The van der Waals surface area contributed by atoms with Gasteiger partial charge >= 0.3 is 5.69 Å². The molecule has 0 saturated carbocycles. The number of nitrogens with zero attached hydrogens (tertiary/aromatic N) is 3. The van der Waals surface area contributed by atoms with Crippen molar-refractivity contribution in [2.75, 3.05) is 17.3 Å². The van der Waals surface area contributed by atoms with E-state index < -0.39 is 23.1 Å². The summed E-state index contributed by atoms with van der Waals surface area (Å²) in [4.78, 5) is 31.0. The molecule has 0 atom stereocenters. The number of nitrogens with one attached hydrogen (secondary N) is 3. The van der Waals surface area contributed by atoms with E-state index in [1.807, 2.05) is 12.1 Å². The summed E-state index contributed by atoms with van der Waals surface area (Å²) >= 11 is 11.8. The molecule has 0 radical (unpaired) electrons. The Morgan fingerprint density at radius 3 is 2.45 bits per heavy atom. The Bertz CT molecular complexity index is 1160. The molecule has 172 valence electrons. The van der Waals surface area contributed by atoms with E-state index in [1.165, 1.54) is 12.1 Å². The van der Waals surface area contributed by atoms with Gasteiger partial charge in [0.15, 0.2) is 6.61 Å². The second-order valence-corrected chi connectivity index (χ2v) is 7.96. The van der Waals surface area contributed by atoms with Gasteiger partial charge in [-0.05, 0) is 41.8 Å². The molecule has 0 aliphatic heterocycles. The number of aromatic nitrogens is 2. The van der Waals surface area contributed by atoms with Gasteiger partial charge in [-0.3, -0.25) is 25.8 Å². The van der Waals surface area contributed by atoms with Crippen molar-refractivity contribution in [3.05, 3.63) is 74.5 Å². The number of hydrogen-bond donors (Lipinski definition) is 3. The minimum absolute atomic E-state index is 0.0340. The van der Waals surface area contributed by atoms with Gasteiger partial charge in [0.2, 0.25) is 11.6 Å². The number of anilines is 3. The predicted octanol–water partition coefficient (Wildman–Crippen LogP) is 5.08. The van der Waals surface area contributed by atoms with Gasteiger partial charge in [-0.25, -0.2) is 9.97 Å². The normalized spacial score (nSPS) is 10.6. The number of amides is 1. The quantitative estimate of drug-likeness (QED) is 0.279. The van der Waals surface area contributed by atoms with E-state index in [0.717, 1.165) is 11.9 Å². The number of carbonyl (C=O) groups is 1. The fraction of sp³-hybridized carbons (Fsp3) is 0.190. The monoisotopic (exact) mass is 490 g/mol. The smallest absolute Gasteiger partial charge is 0.355 e. The molecule has 1 aromatic heterocycles. The maximum atomic E-state index is 12.1. The number of nitro groups is 1. The molecule has 0 aliphatic rings. The maximum Gasteiger partial charge on any atom is 0.355 e. The lowest BCUT2D eigenvalue weighted by Crippen LogP contribution is -2.34. The van der Waals surface area contributed by atoms with Crippen LogP contribution in [0, 0.1) is 10.1 Å². The Morgan fingerprint density at radius 2 is 1.82 bits per heavy atom. The molecular weight excluding hydrogens is 471 g/mol. The zero-order chi connectivity index (χ0) is 24.0. The highest BCUT2D eigenvalue weighted by Crippen LogP contribution is 2.31. The lowest BCUT2D eigenvalue weighted by molar-refractivity contribution is -0.383. The van der Waals surface area contributed by atoms with Gasteiger partial charge in [0.25, 0.3) is 5.91 Å². The summed E-state index contributed by atoms with van der Waals surface area (Å²) in [5, 5.41) is 15.3. The third-order valence-electron chi connectivity index (χ3n) is 4.42. The van der Waals surface area contributed by atoms with E-state index in [0.29, 0.717) is 16.6 Å². The summed E-state index contributed by atoms with van der Waals surface area (Å²) in [6, 6.07) is 12.0. The molecule has 0 aliphatic carbocycles. The first-order chi connectivity index (χ1) is 15.7. The molecule has 3 N–H and O–H groups in total. The first kappa shape index (κ1) is 24.0. The van der Waals surface area contributed by atoms with Crippen LogP contribution in [0.25, 0.3) is 0 Å². The van der Waals surface area contributed by atoms with Gasteiger partial charge in [0.1, 0.15) is 12.1 Å². The first-order valence-electron chi connectivity index (χ1n) is 9.73. The Hall–Kier alpha value is -3.63. The summed E-state index contributed by atoms with van der Waals surface area (Å²) in [7, 11) is 0. The molecule has 3 aromatic rings. The van der Waals surface area contributed by atoms with E-state index in [4.69, 9.17) is 27.9 Å². The van der Waals surface area contributed by atoms with Crippen molar-refractivity contribution in [2.24, 2.45) is 0 Å². The fourth-order valence-electron chi connectivity index (χ4n) is 2.72. The highest BCUT2D eigenvalue weighted by molar-refractivity contribution is 6.35. The summed E-state index contributed by atoms with van der Waals surface area (Å²) in [5.74, 6) is -0.235. The second-order valence-electron chi connectivity index (χ2n) is 7.11. The highest BCUT2D eigenvalue weighted by atomic mass is 35.5. The molecule has 33 heavy (non-hydrogen) atoms. The topological polar surface area (TPSA) is 131 Å². The lowest BCUT2D eigenvalue weighted by atomic mass is 10.0. The minimum atomic E-state index is -0.650. The maximum absolute atomic E-state index is 12.1. The Balaban J connectivity index is 1.67. The molecule has 2 aromatic carbocycles. The largest absolute Gasteiger partial charge is 0.482 e. The molecule has 1 amide bonds. The van der Waals surface area contributed by atoms with Crippen LogP contribution in [0.1, 0.15) is 25.3 Å². The van der Waals surface area contributed by atoms with Crippen molar-refractivity contribution in [1.82, 2.24) is 15.4 Å². The number of halogens is 2. The Morgan fingerprint density at radius 1 is 1.12 bits per heavy atom. The van der Waals surface area contributed by atoms with E-state index in [9.17, 15) is 14.9 Å². The van der Waals surface area contributed by atoms with Crippen LogP contribution in [0.3, 0.4) is 0 Å². The van der Waals surface area contributed by atoms with Gasteiger partial charge in [-0.15, -0.1) is 0 Å². The summed E-state index contributed by atoms with van der Waals surface area (Å²) < 4.78 is 5.33. The SMILES string of the molecule is CC(C)c1ccc(Nc2ncnc(NNC(=O)COc3ccc(Cl)cc3Cl)c2[N+](=O)[O-])cc1. The van der Waals surface area contributed by atoms with Crippen molar-refractivity contribution in [3.8, 4) is 5.75 Å². The molecule has 0 spiro atoms. The Labute approximate surface area is 199 Å². The highest BCUT2D eigenvalue weighted by Gasteiger charge is 2.23. The molecule has 0 bridgehead atoms. The van der Waals surface area contributed by atoms with Crippen LogP contribution in [0.15, 0.2) is 48.8 Å². The minimum Gasteiger partial charge on any atom is -0.482 e. The summed E-state index contributed by atoms with van der Waals surface area (Å²) in [6.45, 7) is 3.73. The molecule has 0 saturated heterocycles. The van der Waals surface area contributed by atoms with E-state index in [1.54, 1.807) is 18.2 Å². The zero-order valence-electron chi connectivity index (χ0n) is 17.6. The number of rotatable bonds is 9. The number of hydrogen-bond acceptors (Lipinski definition) is 8. The van der Waals surface area contributed by atoms with Crippen LogP contribution in [0.5, 0.6) is 5.75 Å². The van der Waals surface area contributed by atoms with E-state index in [-0.39, 0.29) is 22.4 Å². The van der Waals surface area contributed by atoms with Crippen LogP contribution in [0.2, 0.25) is 10.0 Å². The summed E-state index contributed by atoms with van der Waals surface area (Å²) in [6.07, 6.45) is 1.14. The van der Waals surface area contributed by atoms with Crippen LogP contribution < -0.4 is 20.9 Å². The third kappa shape index (κ3) is 6.43. The summed E-state index contributed by atoms with van der Waals surface area (Å²) in [5.41, 5.74) is 6.05. The van der Waals surface area contributed by atoms with Gasteiger partial charge in [0, 0.05) is 10.7 Å². The molecule has 10 nitrogen and oxygen atoms in total. The van der Waals surface area contributed by atoms with Crippen molar-refractivity contribution in [3.63, 3.8) is 0 Å². The van der Waals surface area contributed by atoms with Gasteiger partial charge in [0.05, 0.1) is 9.95 Å². The number of hydrazine groups is 1. The van der Waals surface area contributed by atoms with Gasteiger partial charge < -0.3 is 10.1 Å². The molecule has 12 heteroatoms. The predicted molar refractivity (Wildman–Crippen MR) is 126 cm³/mol. The van der Waals surface area contributed by atoms with Crippen LogP contribution >= 0.6 is 23.2 Å². The fourth-order valence-corrected chi connectivity index (χ4v) is 3.19. The molecule has 3 rings (SSSR count). The van der Waals surface area contributed by atoms with Crippen molar-refractivity contribution >= 4 is 52.1 Å². The van der Waals surface area contributed by atoms with Crippen molar-refractivity contribution in [2.45, 2.75) is 19.8 Å². The average molecular weight is 491 g/mol. The standard InChI is InChI=1S/C21H20Cl2N6O4/c1-12(2)13-3-6-15(7-4-13)26-20-19(29(31)32)21(25-11-24-20)28-27-18(30)10-33-17-8-5-14(22)9-16(17)23/h3-9,11-12H,10H2,1-2H3,(H,27,30)(H2,24,25,26,28). The second kappa shape index (κ2) is 10.8. The molecule has 1 heterocycles. The van der Waals surface area contributed by atoms with E-state index >= 15 is 0 Å². The van der Waals surface area contributed by atoms with Crippen LogP contribution in [-0.4, -0.2) is 27.4 Å². The molecular formula is C21H20Cl2N6O4. The molecule has 0 fully saturated rings. The van der Waals surface area contributed by atoms with Crippen molar-refractivity contribution in [1.29, 1.82) is 0 Å². The Kier molecular flexibility index (Phi) is 7.86. The zero-order valence-corrected chi connectivity index (χ0v) is 19.1.